The number of rotatable bonds is 7. The number of carbonyl (C=O) groups excluding carboxylic acids is 2. The molecule has 0 fully saturated rings. The van der Waals surface area contributed by atoms with Gasteiger partial charge < -0.3 is 9.47 Å². The van der Waals surface area contributed by atoms with E-state index in [1.807, 2.05) is 25.1 Å². The number of carbonyl (C=O) groups is 2. The first-order valence-electron chi connectivity index (χ1n) is 8.65. The van der Waals surface area contributed by atoms with E-state index in [1.54, 1.807) is 24.3 Å². The normalized spacial score (nSPS) is 10.9. The molecule has 0 spiro atoms. The molecule has 0 aromatic heterocycles. The Morgan fingerprint density at radius 3 is 2.63 bits per heavy atom. The Hall–Kier alpha value is -3.15. The minimum atomic E-state index is -0.465. The van der Waals surface area contributed by atoms with Gasteiger partial charge in [0.05, 0.1) is 18.9 Å². The molecule has 142 valence electrons. The number of ether oxygens (including phenoxy) is 2. The first-order valence-corrected chi connectivity index (χ1v) is 8.65. The summed E-state index contributed by atoms with van der Waals surface area (Å²) < 4.78 is 10.4. The van der Waals surface area contributed by atoms with Gasteiger partial charge >= 0.3 is 5.97 Å². The summed E-state index contributed by atoms with van der Waals surface area (Å²) in [6, 6.07) is 12.8. The van der Waals surface area contributed by atoms with Crippen molar-refractivity contribution in [2.24, 2.45) is 5.10 Å². The zero-order valence-electron chi connectivity index (χ0n) is 16.0. The fourth-order valence-electron chi connectivity index (χ4n) is 2.50. The molecular weight excluding hydrogens is 344 g/mol. The van der Waals surface area contributed by atoms with Gasteiger partial charge in [0.1, 0.15) is 5.75 Å². The third-order valence-electron chi connectivity index (χ3n) is 3.91. The zero-order chi connectivity index (χ0) is 19.8. The number of benzene rings is 2. The van der Waals surface area contributed by atoms with Crippen LogP contribution >= 0.6 is 0 Å². The van der Waals surface area contributed by atoms with Crippen LogP contribution in [0.4, 0.5) is 0 Å². The highest BCUT2D eigenvalue weighted by Gasteiger charge is 2.11. The van der Waals surface area contributed by atoms with Crippen molar-refractivity contribution in [2.45, 2.75) is 26.7 Å². The zero-order valence-corrected chi connectivity index (χ0v) is 16.0. The van der Waals surface area contributed by atoms with E-state index < -0.39 is 11.9 Å². The van der Waals surface area contributed by atoms with Crippen LogP contribution in [0.5, 0.6) is 5.75 Å². The van der Waals surface area contributed by atoms with E-state index in [9.17, 15) is 9.59 Å². The van der Waals surface area contributed by atoms with Gasteiger partial charge in [-0.25, -0.2) is 10.2 Å². The molecule has 0 radical (unpaired) electrons. The minimum absolute atomic E-state index is 0.154. The van der Waals surface area contributed by atoms with Crippen LogP contribution in [0.2, 0.25) is 0 Å². The van der Waals surface area contributed by atoms with E-state index >= 15 is 0 Å². The predicted molar refractivity (Wildman–Crippen MR) is 104 cm³/mol. The van der Waals surface area contributed by atoms with Gasteiger partial charge in [0.15, 0.2) is 6.61 Å². The molecule has 0 aliphatic carbocycles. The third-order valence-corrected chi connectivity index (χ3v) is 3.91. The molecule has 0 unspecified atom stereocenters. The Labute approximate surface area is 159 Å². The van der Waals surface area contributed by atoms with E-state index in [-0.39, 0.29) is 12.5 Å². The van der Waals surface area contributed by atoms with Crippen LogP contribution in [0.1, 0.15) is 46.8 Å². The monoisotopic (exact) mass is 368 g/mol. The van der Waals surface area contributed by atoms with Crippen molar-refractivity contribution in [1.29, 1.82) is 0 Å². The molecule has 0 saturated carbocycles. The molecule has 6 nitrogen and oxygen atoms in total. The molecule has 1 N–H and O–H groups in total. The van der Waals surface area contributed by atoms with Crippen LogP contribution in [0, 0.1) is 6.92 Å². The van der Waals surface area contributed by atoms with E-state index in [0.29, 0.717) is 16.9 Å². The molecule has 0 bridgehead atoms. The number of amides is 1. The van der Waals surface area contributed by atoms with Crippen LogP contribution in [-0.4, -0.2) is 31.8 Å². The lowest BCUT2D eigenvalue weighted by Crippen LogP contribution is -2.25. The Balaban J connectivity index is 1.97. The second kappa shape index (κ2) is 9.52. The van der Waals surface area contributed by atoms with E-state index in [4.69, 9.17) is 9.47 Å². The quantitative estimate of drug-likeness (QED) is 0.461. The molecule has 0 aliphatic heterocycles. The first-order chi connectivity index (χ1) is 12.9. The summed E-state index contributed by atoms with van der Waals surface area (Å²) in [6.07, 6.45) is 1.40. The highest BCUT2D eigenvalue weighted by atomic mass is 16.5. The highest BCUT2D eigenvalue weighted by Crippen LogP contribution is 2.27. The van der Waals surface area contributed by atoms with Crippen LogP contribution in [0.15, 0.2) is 47.6 Å². The van der Waals surface area contributed by atoms with Gasteiger partial charge in [0.2, 0.25) is 0 Å². The average molecular weight is 368 g/mol. The Bertz CT molecular complexity index is 844. The number of methoxy groups -OCH3 is 1. The van der Waals surface area contributed by atoms with Crippen LogP contribution in [0.3, 0.4) is 0 Å². The van der Waals surface area contributed by atoms with Crippen molar-refractivity contribution in [3.05, 3.63) is 64.7 Å². The van der Waals surface area contributed by atoms with Crippen molar-refractivity contribution >= 4 is 18.1 Å². The predicted octanol–water partition coefficient (Wildman–Crippen LogP) is 3.43. The largest absolute Gasteiger partial charge is 0.483 e. The number of nitrogens with one attached hydrogen (secondary N) is 1. The molecule has 6 heteroatoms. The highest BCUT2D eigenvalue weighted by molar-refractivity contribution is 5.99. The molecular formula is C21H24N2O4. The van der Waals surface area contributed by atoms with Gasteiger partial charge in [0, 0.05) is 5.56 Å². The van der Waals surface area contributed by atoms with E-state index in [2.05, 4.69) is 24.4 Å². The van der Waals surface area contributed by atoms with Crippen molar-refractivity contribution in [1.82, 2.24) is 5.43 Å². The van der Waals surface area contributed by atoms with Crippen molar-refractivity contribution in [2.75, 3.05) is 13.7 Å². The van der Waals surface area contributed by atoms with Gasteiger partial charge in [-0.15, -0.1) is 0 Å². The molecule has 27 heavy (non-hydrogen) atoms. The second-order valence-corrected chi connectivity index (χ2v) is 6.36. The first kappa shape index (κ1) is 20.2. The molecule has 2 aromatic rings. The van der Waals surface area contributed by atoms with Gasteiger partial charge in [-0.1, -0.05) is 44.2 Å². The maximum Gasteiger partial charge on any atom is 0.338 e. The number of hydrogen-bond donors (Lipinski definition) is 1. The van der Waals surface area contributed by atoms with E-state index in [0.717, 1.165) is 11.1 Å². The second-order valence-electron chi connectivity index (χ2n) is 6.36. The molecule has 2 aromatic carbocycles. The fraction of sp³-hybridized carbons (Fsp3) is 0.286. The van der Waals surface area contributed by atoms with Crippen LogP contribution < -0.4 is 10.2 Å². The summed E-state index contributed by atoms with van der Waals surface area (Å²) in [6.45, 7) is 5.96. The Morgan fingerprint density at radius 1 is 1.19 bits per heavy atom. The molecule has 0 aliphatic rings. The molecule has 0 heterocycles. The summed E-state index contributed by atoms with van der Waals surface area (Å²) in [5.41, 5.74) is 5.43. The number of nitrogens with zero attached hydrogens (tertiary/aromatic N) is 1. The van der Waals surface area contributed by atoms with Gasteiger partial charge in [-0.2, -0.15) is 5.10 Å². The number of aryl methyl sites for hydroxylation is 1. The number of hydrazone groups is 1. The molecule has 0 saturated heterocycles. The van der Waals surface area contributed by atoms with E-state index in [1.165, 1.54) is 13.3 Å². The van der Waals surface area contributed by atoms with Gasteiger partial charge in [-0.3, -0.25) is 4.79 Å². The third kappa shape index (κ3) is 5.67. The smallest absolute Gasteiger partial charge is 0.338 e. The van der Waals surface area contributed by atoms with Crippen LogP contribution in [0.25, 0.3) is 0 Å². The Morgan fingerprint density at radius 2 is 1.93 bits per heavy atom. The maximum absolute atomic E-state index is 12.0. The lowest BCUT2D eigenvalue weighted by atomic mass is 10.0. The summed E-state index contributed by atoms with van der Waals surface area (Å²) in [4.78, 5) is 23.7. The Kier molecular flexibility index (Phi) is 7.11. The molecule has 1 amide bonds. The minimum Gasteiger partial charge on any atom is -0.483 e. The standard InChI is InChI=1S/C21H24N2O4/c1-14(2)17-10-9-15(3)11-19(17)27-13-20(24)23-22-12-16-7-5-6-8-18(16)21(25)26-4/h5-12,14H,13H2,1-4H3,(H,23,24)/b22-12-. The lowest BCUT2D eigenvalue weighted by molar-refractivity contribution is -0.123. The molecule has 2 rings (SSSR count). The van der Waals surface area contributed by atoms with Crippen LogP contribution in [-0.2, 0) is 9.53 Å². The summed E-state index contributed by atoms with van der Waals surface area (Å²) in [5, 5.41) is 3.89. The van der Waals surface area contributed by atoms with Gasteiger partial charge in [-0.05, 0) is 36.1 Å². The summed E-state index contributed by atoms with van der Waals surface area (Å²) in [7, 11) is 1.31. The fourth-order valence-corrected chi connectivity index (χ4v) is 2.50. The molecule has 0 atom stereocenters. The number of hydrogen-bond acceptors (Lipinski definition) is 5. The summed E-state index contributed by atoms with van der Waals surface area (Å²) in [5.74, 6) is 0.127. The van der Waals surface area contributed by atoms with Crippen molar-refractivity contribution in [3.63, 3.8) is 0 Å². The van der Waals surface area contributed by atoms with Crippen molar-refractivity contribution < 1.29 is 19.1 Å². The topological polar surface area (TPSA) is 77.0 Å². The van der Waals surface area contributed by atoms with Crippen molar-refractivity contribution in [3.8, 4) is 5.75 Å². The lowest BCUT2D eigenvalue weighted by Gasteiger charge is -2.14. The van der Waals surface area contributed by atoms with Gasteiger partial charge in [0.25, 0.3) is 5.91 Å². The number of esters is 1. The average Bonchev–Trinajstić information content (AvgIpc) is 2.66. The SMILES string of the molecule is COC(=O)c1ccccc1/C=N\NC(=O)COc1cc(C)ccc1C(C)C. The summed E-state index contributed by atoms with van der Waals surface area (Å²) >= 11 is 0. The maximum atomic E-state index is 12.0.